The molecule has 204 valence electrons. The third-order valence-corrected chi connectivity index (χ3v) is 7.77. The summed E-state index contributed by atoms with van der Waals surface area (Å²) in [5.41, 5.74) is 1.47. The van der Waals surface area contributed by atoms with Crippen molar-refractivity contribution in [1.82, 2.24) is 25.2 Å². The first-order valence-electron chi connectivity index (χ1n) is 12.3. The number of carbonyl (C=O) groups is 1. The van der Waals surface area contributed by atoms with Gasteiger partial charge in [-0.25, -0.2) is 9.37 Å². The molecular formula is C26H23F4N5O4. The summed E-state index contributed by atoms with van der Waals surface area (Å²) in [5, 5.41) is 9.93. The van der Waals surface area contributed by atoms with Gasteiger partial charge in [-0.05, 0) is 59.0 Å². The zero-order valence-corrected chi connectivity index (χ0v) is 20.9. The predicted octanol–water partition coefficient (Wildman–Crippen LogP) is 4.88. The van der Waals surface area contributed by atoms with Crippen molar-refractivity contribution < 1.29 is 36.2 Å². The average Bonchev–Trinajstić information content (AvgIpc) is 3.69. The summed E-state index contributed by atoms with van der Waals surface area (Å²) >= 11 is 0. The van der Waals surface area contributed by atoms with E-state index in [4.69, 9.17) is 13.9 Å². The van der Waals surface area contributed by atoms with Crippen molar-refractivity contribution in [2.75, 3.05) is 13.7 Å². The van der Waals surface area contributed by atoms with Crippen LogP contribution in [0.15, 0.2) is 40.8 Å². The van der Waals surface area contributed by atoms with Gasteiger partial charge in [0.05, 0.1) is 30.9 Å². The third kappa shape index (κ3) is 4.24. The molecule has 0 amide bonds. The number of oxazole rings is 1. The van der Waals surface area contributed by atoms with Crippen LogP contribution in [0.2, 0.25) is 0 Å². The molecule has 9 nitrogen and oxygen atoms in total. The first-order chi connectivity index (χ1) is 18.6. The number of tetrazole rings is 1. The Hall–Kier alpha value is -3.87. The number of benzene rings is 2. The highest BCUT2D eigenvalue weighted by molar-refractivity contribution is 5.80. The minimum absolute atomic E-state index is 0.0702. The summed E-state index contributed by atoms with van der Waals surface area (Å²) in [6, 6.07) is 8.98. The first kappa shape index (κ1) is 25.4. The van der Waals surface area contributed by atoms with Gasteiger partial charge in [0.15, 0.2) is 11.5 Å². The largest absolute Gasteiger partial charge is 0.469 e. The molecule has 0 bridgehead atoms. The normalized spacial score (nSPS) is 25.1. The van der Waals surface area contributed by atoms with E-state index in [0.717, 1.165) is 5.56 Å². The summed E-state index contributed by atoms with van der Waals surface area (Å²) in [6.07, 6.45) is -3.25. The maximum absolute atomic E-state index is 13.7. The molecule has 1 aliphatic carbocycles. The van der Waals surface area contributed by atoms with Gasteiger partial charge in [0.2, 0.25) is 0 Å². The number of aryl methyl sites for hydroxylation is 1. The fraction of sp³-hybridized carbons (Fsp3) is 0.423. The fourth-order valence-corrected chi connectivity index (χ4v) is 6.21. The van der Waals surface area contributed by atoms with Crippen LogP contribution in [0.5, 0.6) is 0 Å². The maximum Gasteiger partial charge on any atom is 0.453 e. The van der Waals surface area contributed by atoms with Crippen LogP contribution in [0.4, 0.5) is 17.6 Å². The number of hydrogen-bond acceptors (Lipinski definition) is 8. The number of fused-ring (bicyclic) bond motifs is 1. The molecule has 3 heterocycles. The topological polar surface area (TPSA) is 105 Å². The molecule has 1 saturated heterocycles. The van der Waals surface area contributed by atoms with Crippen molar-refractivity contribution in [2.45, 2.75) is 49.8 Å². The molecule has 2 fully saturated rings. The molecule has 2 aromatic carbocycles. The highest BCUT2D eigenvalue weighted by Gasteiger charge is 2.56. The van der Waals surface area contributed by atoms with E-state index in [1.165, 1.54) is 25.3 Å². The fourth-order valence-electron chi connectivity index (χ4n) is 6.21. The van der Waals surface area contributed by atoms with Crippen molar-refractivity contribution in [3.05, 3.63) is 65.1 Å². The van der Waals surface area contributed by atoms with Crippen LogP contribution in [0.25, 0.3) is 16.8 Å². The predicted molar refractivity (Wildman–Crippen MR) is 126 cm³/mol. The smallest absolute Gasteiger partial charge is 0.453 e. The Balaban J connectivity index is 1.42. The number of nitrogens with zero attached hydrogens (tertiary/aromatic N) is 5. The van der Waals surface area contributed by atoms with E-state index in [1.807, 2.05) is 0 Å². The summed E-state index contributed by atoms with van der Waals surface area (Å²) in [6.45, 7) is 1.88. The number of hydrogen-bond donors (Lipinski definition) is 0. The number of aromatic nitrogens is 5. The molecule has 1 saturated carbocycles. The summed E-state index contributed by atoms with van der Waals surface area (Å²) in [4.78, 5) is 17.2. The van der Waals surface area contributed by atoms with Gasteiger partial charge in [-0.3, -0.25) is 4.79 Å². The molecular weight excluding hydrogens is 522 g/mol. The van der Waals surface area contributed by atoms with Crippen molar-refractivity contribution >= 4 is 17.1 Å². The van der Waals surface area contributed by atoms with Crippen LogP contribution in [0.3, 0.4) is 0 Å². The number of methoxy groups -OCH3 is 1. The van der Waals surface area contributed by atoms with Crippen LogP contribution < -0.4 is 0 Å². The first-order valence-corrected chi connectivity index (χ1v) is 12.3. The second-order valence-corrected chi connectivity index (χ2v) is 10.0. The Kier molecular flexibility index (Phi) is 5.93. The molecule has 4 atom stereocenters. The van der Waals surface area contributed by atoms with Crippen LogP contribution >= 0.6 is 0 Å². The number of rotatable bonds is 4. The van der Waals surface area contributed by atoms with Gasteiger partial charge in [0, 0.05) is 24.8 Å². The van der Waals surface area contributed by atoms with Crippen molar-refractivity contribution in [2.24, 2.45) is 5.92 Å². The molecule has 0 N–H and O–H groups in total. The number of esters is 1. The average molecular weight is 545 g/mol. The molecule has 2 aromatic heterocycles. The van der Waals surface area contributed by atoms with Crippen LogP contribution in [-0.4, -0.2) is 50.5 Å². The van der Waals surface area contributed by atoms with E-state index in [9.17, 15) is 22.4 Å². The third-order valence-electron chi connectivity index (χ3n) is 7.77. The lowest BCUT2D eigenvalue weighted by Gasteiger charge is -2.33. The van der Waals surface area contributed by atoms with E-state index in [-0.39, 0.29) is 24.2 Å². The lowest BCUT2D eigenvalue weighted by molar-refractivity contribution is -0.147. The molecule has 0 radical (unpaired) electrons. The maximum atomic E-state index is 13.7. The minimum atomic E-state index is -4.77. The molecule has 39 heavy (non-hydrogen) atoms. The van der Waals surface area contributed by atoms with E-state index in [0.29, 0.717) is 46.5 Å². The second-order valence-electron chi connectivity index (χ2n) is 10.0. The van der Waals surface area contributed by atoms with Crippen LogP contribution in [0.1, 0.15) is 53.9 Å². The number of halogens is 4. The molecule has 6 rings (SSSR count). The highest BCUT2D eigenvalue weighted by Crippen LogP contribution is 2.57. The Morgan fingerprint density at radius 3 is 2.69 bits per heavy atom. The van der Waals surface area contributed by atoms with Gasteiger partial charge >= 0.3 is 12.1 Å². The Labute approximate surface area is 219 Å². The second kappa shape index (κ2) is 9.11. The van der Waals surface area contributed by atoms with Crippen molar-refractivity contribution in [3.8, 4) is 5.69 Å². The number of alkyl halides is 3. The lowest BCUT2D eigenvalue weighted by atomic mass is 9.76. The Morgan fingerprint density at radius 2 is 1.97 bits per heavy atom. The standard InChI is InChI=1S/C26H23F4N5O4/c1-13-31-22-19(9-17(10-20(22)39-13)35-24(26(28,29)30)32-33-34-35)15-11-25(38-12-15)8-7-18(23(36)37-2)21(25)14-3-5-16(27)6-4-14/h3-6,9-10,15,18,21H,7-8,11-12H2,1-2H3/t15-,18+,21-,25-/m1/s1. The Morgan fingerprint density at radius 1 is 1.21 bits per heavy atom. The zero-order valence-electron chi connectivity index (χ0n) is 20.9. The highest BCUT2D eigenvalue weighted by atomic mass is 19.4. The molecule has 2 aliphatic rings. The quantitative estimate of drug-likeness (QED) is 0.264. The van der Waals surface area contributed by atoms with Gasteiger partial charge in [0.25, 0.3) is 5.82 Å². The Bertz CT molecular complexity index is 1550. The van der Waals surface area contributed by atoms with E-state index in [2.05, 4.69) is 20.5 Å². The van der Waals surface area contributed by atoms with E-state index < -0.39 is 35.3 Å². The summed E-state index contributed by atoms with van der Waals surface area (Å²) in [7, 11) is 1.33. The van der Waals surface area contributed by atoms with Gasteiger partial charge in [-0.1, -0.05) is 12.1 Å². The zero-order chi connectivity index (χ0) is 27.5. The van der Waals surface area contributed by atoms with Crippen molar-refractivity contribution in [1.29, 1.82) is 0 Å². The van der Waals surface area contributed by atoms with Gasteiger partial charge < -0.3 is 13.9 Å². The SMILES string of the molecule is COC(=O)[C@H]1CC[C@@]2(C[C@@H](c3cc(-n4nnnc4C(F)(F)F)cc4oc(C)nc34)CO2)[C@@H]1c1ccc(F)cc1. The van der Waals surface area contributed by atoms with E-state index >= 15 is 0 Å². The molecule has 4 aromatic rings. The van der Waals surface area contributed by atoms with Crippen molar-refractivity contribution in [3.63, 3.8) is 0 Å². The summed E-state index contributed by atoms with van der Waals surface area (Å²) < 4.78 is 72.3. The van der Waals surface area contributed by atoms with Crippen LogP contribution in [-0.2, 0) is 20.4 Å². The lowest BCUT2D eigenvalue weighted by Crippen LogP contribution is -2.35. The minimum Gasteiger partial charge on any atom is -0.469 e. The van der Waals surface area contributed by atoms with Crippen LogP contribution in [0, 0.1) is 18.7 Å². The van der Waals surface area contributed by atoms with Gasteiger partial charge in [0.1, 0.15) is 11.3 Å². The van der Waals surface area contributed by atoms with E-state index in [1.54, 1.807) is 25.1 Å². The number of carbonyl (C=O) groups excluding carboxylic acids is 1. The molecule has 13 heteroatoms. The number of ether oxygens (including phenoxy) is 2. The van der Waals surface area contributed by atoms with Gasteiger partial charge in [-0.15, -0.1) is 5.10 Å². The molecule has 0 unspecified atom stereocenters. The molecule has 1 spiro atoms. The van der Waals surface area contributed by atoms with Gasteiger partial charge in [-0.2, -0.15) is 17.9 Å². The molecule has 1 aliphatic heterocycles. The monoisotopic (exact) mass is 545 g/mol. The summed E-state index contributed by atoms with van der Waals surface area (Å²) in [5.74, 6) is -2.87.